The molecule has 0 N–H and O–H groups in total. The second-order valence-electron chi connectivity index (χ2n) is 34.1. The number of allylic oxidation sites excluding steroid dienone is 5. The molecule has 8 aliphatic heterocycles. The first-order valence-corrected chi connectivity index (χ1v) is 44.1. The molecule has 17 nitrogen and oxygen atoms in total. The number of aryl methyl sites for hydroxylation is 1. The van der Waals surface area contributed by atoms with Crippen LogP contribution in [0.2, 0.25) is 0 Å². The van der Waals surface area contributed by atoms with Crippen molar-refractivity contribution in [3.8, 4) is 6.07 Å². The van der Waals surface area contributed by atoms with Gasteiger partial charge in [0, 0.05) is 0 Å². The first-order valence-electron chi connectivity index (χ1n) is 38.1. The van der Waals surface area contributed by atoms with Gasteiger partial charge in [0.1, 0.15) is 0 Å². The molecule has 0 unspecified atom stereocenters. The third kappa shape index (κ3) is 10.9. The molecule has 0 spiro atoms. The molecule has 1 aliphatic carbocycles. The van der Waals surface area contributed by atoms with Crippen LogP contribution >= 0.6 is 24.4 Å². The average molecular weight is 1770 g/mol. The van der Waals surface area contributed by atoms with Crippen molar-refractivity contribution in [1.29, 1.82) is 5.26 Å². The third-order valence-electron chi connectivity index (χ3n) is 25.3. The first-order chi connectivity index (χ1) is 54.8. The van der Waals surface area contributed by atoms with Gasteiger partial charge < -0.3 is 0 Å². The standard InChI is InChI=1S/C34H24N4OSe.C30H30N4O2SSe.C29H27FN4O2SSe/c1-33(2)23-12-8-13-24-29(23)38(31-25(33)14-9-15-37-31)32-26(34(24,3)4)17-19(40-32)16-22-28(27(18-35)36-5)20-10-6-7-11-21(20)30(22)39;1-15-12-18-23-19(13-15)30(5,6)20-14-21(16(2)22-25(35)32(7)28(37)33(8)26(22)36)38-27(20)34(23)24-17(29(18,3)4)10-9-11-31-24;1-14(21-24(35)32(6)27(37)33(7)25(21)36)20-13-19-26(38-20)34-22-17(11-15(30)12-18(22)29(19,4)5)28(2,3)16-9-8-10-31-23(16)34/h6-17H,1-4H3;9-14H,1-8H3;8-13H,1-7H3/b22-16-,28-27?;;. The van der Waals surface area contributed by atoms with Crippen molar-refractivity contribution >= 4 is 179 Å². The topological polar surface area (TPSA) is 175 Å². The van der Waals surface area contributed by atoms with Crippen molar-refractivity contribution in [2.45, 2.75) is 136 Å². The van der Waals surface area contributed by atoms with Crippen LogP contribution in [0.15, 0.2) is 162 Å². The van der Waals surface area contributed by atoms with Gasteiger partial charge in [-0.1, -0.05) is 0 Å². The van der Waals surface area contributed by atoms with Crippen LogP contribution in [0.3, 0.4) is 0 Å². The molecule has 2 saturated heterocycles. The van der Waals surface area contributed by atoms with Crippen molar-refractivity contribution in [2.24, 2.45) is 0 Å². The summed E-state index contributed by atoms with van der Waals surface area (Å²) in [4.78, 5) is 96.9. The maximum absolute atomic E-state index is 15.2. The van der Waals surface area contributed by atoms with E-state index in [1.54, 1.807) is 52.6 Å². The van der Waals surface area contributed by atoms with Crippen molar-refractivity contribution in [3.63, 3.8) is 0 Å². The van der Waals surface area contributed by atoms with E-state index in [1.807, 2.05) is 74.8 Å². The third-order valence-corrected chi connectivity index (χ3v) is 33.8. The summed E-state index contributed by atoms with van der Waals surface area (Å²) in [5.41, 5.74) is 20.5. The summed E-state index contributed by atoms with van der Waals surface area (Å²) in [6, 6.07) is 42.7. The Morgan fingerprint density at radius 3 is 1.21 bits per heavy atom. The van der Waals surface area contributed by atoms with Gasteiger partial charge in [-0.05, 0) is 0 Å². The number of carbonyl (C=O) groups excluding carboxylic acids is 5. The predicted octanol–water partition coefficient (Wildman–Crippen LogP) is 17.5. The zero-order chi connectivity index (χ0) is 82.9. The van der Waals surface area contributed by atoms with Crippen LogP contribution in [0.1, 0.15) is 198 Å². The Bertz CT molecular complexity index is 6170. The Hall–Kier alpha value is -10.7. The molecule has 0 atom stereocenters. The molecule has 23 heteroatoms. The molecule has 4 aromatic carbocycles. The molecule has 19 rings (SSSR count). The monoisotopic (exact) mass is 1770 g/mol. The van der Waals surface area contributed by atoms with Crippen LogP contribution in [0.25, 0.3) is 27.6 Å². The molecule has 0 radical (unpaired) electrons. The molecule has 6 aromatic heterocycles. The van der Waals surface area contributed by atoms with E-state index < -0.39 is 22.6 Å². The number of para-hydroxylation sites is 1. The van der Waals surface area contributed by atoms with Gasteiger partial charge in [0.25, 0.3) is 0 Å². The minimum atomic E-state index is -0.495. The molecule has 10 aromatic rings. The number of hydrogen-bond donors (Lipinski definition) is 0. The predicted molar refractivity (Wildman–Crippen MR) is 464 cm³/mol. The number of Topliss-reactive ketones (excluding diaryl/α,β-unsaturated/α-hetero) is 1. The Morgan fingerprint density at radius 1 is 0.457 bits per heavy atom. The first kappa shape index (κ1) is 77.9. The molecule has 9 aliphatic rings. The van der Waals surface area contributed by atoms with Gasteiger partial charge in [-0.2, -0.15) is 0 Å². The van der Waals surface area contributed by atoms with Crippen LogP contribution in [0, 0.1) is 30.6 Å². The van der Waals surface area contributed by atoms with Gasteiger partial charge in [0.2, 0.25) is 0 Å². The normalized spacial score (nSPS) is 19.0. The van der Waals surface area contributed by atoms with Gasteiger partial charge in [-0.25, -0.2) is 0 Å². The van der Waals surface area contributed by atoms with Crippen molar-refractivity contribution in [1.82, 2.24) is 34.6 Å². The fourth-order valence-electron chi connectivity index (χ4n) is 18.5. The minimum absolute atomic E-state index is 0.0536. The number of halogens is 1. The van der Waals surface area contributed by atoms with E-state index >= 15 is 4.39 Å². The van der Waals surface area contributed by atoms with Crippen molar-refractivity contribution in [3.05, 3.63) is 276 Å². The number of aromatic nitrogens is 3. The summed E-state index contributed by atoms with van der Waals surface area (Å²) < 4.78 is 21.7. The molecule has 2 fully saturated rings. The Labute approximate surface area is 702 Å². The summed E-state index contributed by atoms with van der Waals surface area (Å²) in [5.74, 6) is 0.902. The van der Waals surface area contributed by atoms with E-state index in [2.05, 4.69) is 176 Å². The second-order valence-corrected chi connectivity index (χ2v) is 41.4. The van der Waals surface area contributed by atoms with Crippen molar-refractivity contribution < 1.29 is 28.4 Å². The molecular formula is C93H81FN12O5S2Se3. The molecule has 4 amide bonds. The summed E-state index contributed by atoms with van der Waals surface area (Å²) in [6.07, 6.45) is 7.44. The van der Waals surface area contributed by atoms with Gasteiger partial charge in [0.05, 0.1) is 0 Å². The number of fused-ring (bicyclic) bond motifs is 13. The number of benzene rings is 4. The van der Waals surface area contributed by atoms with Gasteiger partial charge >= 0.3 is 708 Å². The quantitative estimate of drug-likeness (QED) is 0.0408. The summed E-state index contributed by atoms with van der Waals surface area (Å²) in [5, 5.41) is 10.2. The Kier molecular flexibility index (Phi) is 17.9. The zero-order valence-electron chi connectivity index (χ0n) is 67.7. The Balaban J connectivity index is 0.000000125. The van der Waals surface area contributed by atoms with Gasteiger partial charge in [0.15, 0.2) is 0 Å². The number of pyridine rings is 3. The number of anilines is 9. The number of thiocarbonyl (C=S) groups is 2. The molecule has 116 heavy (non-hydrogen) atoms. The van der Waals surface area contributed by atoms with Crippen LogP contribution in [-0.4, -0.2) is 146 Å². The number of nitriles is 1. The number of ketones is 1. The van der Waals surface area contributed by atoms with Crippen molar-refractivity contribution in [2.75, 3.05) is 42.9 Å². The number of carbonyl (C=O) groups is 5. The number of hydrogen-bond acceptors (Lipinski definition) is 14. The van der Waals surface area contributed by atoms with E-state index in [4.69, 9.17) is 46.0 Å². The molecule has 0 saturated carbocycles. The van der Waals surface area contributed by atoms with E-state index in [9.17, 15) is 29.2 Å². The van der Waals surface area contributed by atoms with Crippen LogP contribution in [-0.2, 0) is 51.7 Å². The fraction of sp³-hybridized carbons (Fsp3) is 0.269. The van der Waals surface area contributed by atoms with Crippen LogP contribution in [0.5, 0.6) is 0 Å². The summed E-state index contributed by atoms with van der Waals surface area (Å²) in [6.45, 7) is 40.2. The maximum atomic E-state index is 15.2. The number of amides is 4. The molecule has 0 bridgehead atoms. The fourth-order valence-corrected chi connectivity index (χ4v) is 27.1. The van der Waals surface area contributed by atoms with Gasteiger partial charge in [-0.15, -0.1) is 0 Å². The number of nitrogens with zero attached hydrogens (tertiary/aromatic N) is 12. The zero-order valence-corrected chi connectivity index (χ0v) is 74.5. The van der Waals surface area contributed by atoms with Crippen LogP contribution in [0.4, 0.5) is 52.6 Å². The summed E-state index contributed by atoms with van der Waals surface area (Å²) in [7, 11) is 6.43. The van der Waals surface area contributed by atoms with E-state index in [-0.39, 0.29) is 116 Å². The Morgan fingerprint density at radius 2 is 0.802 bits per heavy atom. The second kappa shape index (κ2) is 26.7. The number of rotatable bonds is 3. The molecular weight excluding hydrogens is 1690 g/mol. The SMILES string of the molecule is CC(=C1C(=O)N(C)C(=S)N(C)C1=O)c1cc2c([se]1)N1c3ncccc3C(C)(C)c3cc(C)cc(c31)C2(C)C.CC(=C1C(=O)N(C)C(=S)N(C)C1=O)c1cc2c([se]1)N1c3ncccc3C(C)(C)c3cc(F)cc(c31)C2(C)C.[C-]#[N+]C(C#N)=C1/C(=C/c2cc3c([se]2)N2c4ncccc4C(C)(C)c4cccc(c42)C3(C)C)C(=O)c2ccccc21. The number of likely N-dealkylation sites (N-methyl/N-ethyl adjacent to an activating group) is 4. The van der Waals surface area contributed by atoms with Crippen LogP contribution < -0.4 is 14.7 Å². The van der Waals surface area contributed by atoms with E-state index in [0.29, 0.717) is 27.8 Å². The summed E-state index contributed by atoms with van der Waals surface area (Å²) >= 11 is 10.1. The average Bonchev–Trinajstić information content (AvgIpc) is 1.21. The molecule has 580 valence electrons. The van der Waals surface area contributed by atoms with E-state index in [1.165, 1.54) is 90.2 Å². The molecule has 14 heterocycles. The van der Waals surface area contributed by atoms with Gasteiger partial charge in [-0.3, -0.25) is 0 Å². The van der Waals surface area contributed by atoms with E-state index in [0.717, 1.165) is 68.8 Å².